The first-order valence-corrected chi connectivity index (χ1v) is 10.0. The van der Waals surface area contributed by atoms with E-state index in [1.807, 2.05) is 48.5 Å². The van der Waals surface area contributed by atoms with Gasteiger partial charge in [-0.15, -0.1) is 0 Å². The molecule has 29 heavy (non-hydrogen) atoms. The molecule has 0 atom stereocenters. The molecule has 1 aromatic heterocycles. The zero-order chi connectivity index (χ0) is 20.7. The van der Waals surface area contributed by atoms with Crippen LogP contribution in [0.5, 0.6) is 11.5 Å². The zero-order valence-electron chi connectivity index (χ0n) is 17.4. The molecule has 0 saturated heterocycles. The van der Waals surface area contributed by atoms with E-state index in [0.717, 1.165) is 17.7 Å². The lowest BCUT2D eigenvalue weighted by Gasteiger charge is -2.19. The van der Waals surface area contributed by atoms with Gasteiger partial charge in [-0.1, -0.05) is 63.2 Å². The van der Waals surface area contributed by atoms with Gasteiger partial charge in [-0.2, -0.15) is 0 Å². The van der Waals surface area contributed by atoms with Gasteiger partial charge in [0.1, 0.15) is 12.4 Å². The molecule has 0 aliphatic heterocycles. The van der Waals surface area contributed by atoms with Gasteiger partial charge in [-0.25, -0.2) is 0 Å². The molecular weight excluding hydrogens is 362 g/mol. The molecule has 0 unspecified atom stereocenters. The van der Waals surface area contributed by atoms with Crippen molar-refractivity contribution < 1.29 is 9.47 Å². The van der Waals surface area contributed by atoms with Crippen molar-refractivity contribution >= 4 is 0 Å². The van der Waals surface area contributed by atoms with Crippen molar-refractivity contribution in [2.24, 2.45) is 0 Å². The van der Waals surface area contributed by atoms with E-state index >= 15 is 0 Å². The largest absolute Gasteiger partial charge is 0.494 e. The average Bonchev–Trinajstić information content (AvgIpc) is 2.72. The van der Waals surface area contributed by atoms with Crippen molar-refractivity contribution in [1.29, 1.82) is 0 Å². The lowest BCUT2D eigenvalue weighted by molar-refractivity contribution is 0.290. The zero-order valence-corrected chi connectivity index (χ0v) is 17.4. The van der Waals surface area contributed by atoms with Crippen molar-refractivity contribution in [3.63, 3.8) is 0 Å². The summed E-state index contributed by atoms with van der Waals surface area (Å²) in [6.07, 6.45) is 2.53. The van der Waals surface area contributed by atoms with Gasteiger partial charge in [0.25, 0.3) is 5.56 Å². The summed E-state index contributed by atoms with van der Waals surface area (Å²) in [5.41, 5.74) is 2.34. The highest BCUT2D eigenvalue weighted by molar-refractivity contribution is 5.31. The first-order chi connectivity index (χ1) is 13.9. The Morgan fingerprint density at radius 2 is 1.59 bits per heavy atom. The maximum atomic E-state index is 12.6. The Bertz CT molecular complexity index is 954. The van der Waals surface area contributed by atoms with E-state index in [1.165, 1.54) is 5.56 Å². The Labute approximate surface area is 172 Å². The van der Waals surface area contributed by atoms with Gasteiger partial charge in [-0.05, 0) is 47.2 Å². The standard InChI is InChI=1S/C25H29NO3/c1-25(2,3)21-12-14-22(15-13-21)28-18-8-17-26-16-7-11-23(24(26)27)29-19-20-9-5-4-6-10-20/h4-7,9-16H,8,17-19H2,1-3H3. The second kappa shape index (κ2) is 9.46. The van der Waals surface area contributed by atoms with Crippen LogP contribution in [0.1, 0.15) is 38.3 Å². The van der Waals surface area contributed by atoms with Crippen molar-refractivity contribution in [1.82, 2.24) is 4.57 Å². The Balaban J connectivity index is 1.50. The van der Waals surface area contributed by atoms with Gasteiger partial charge in [0.05, 0.1) is 6.61 Å². The second-order valence-electron chi connectivity index (χ2n) is 8.12. The SMILES string of the molecule is CC(C)(C)c1ccc(OCCCn2cccc(OCc3ccccc3)c2=O)cc1. The minimum absolute atomic E-state index is 0.113. The molecule has 0 aliphatic carbocycles. The molecule has 0 amide bonds. The first-order valence-electron chi connectivity index (χ1n) is 10.0. The van der Waals surface area contributed by atoms with Crippen LogP contribution in [0.25, 0.3) is 0 Å². The molecule has 2 aromatic carbocycles. The molecular formula is C25H29NO3. The maximum absolute atomic E-state index is 12.6. The normalized spacial score (nSPS) is 11.3. The molecule has 0 aliphatic rings. The highest BCUT2D eigenvalue weighted by Gasteiger charge is 2.13. The number of benzene rings is 2. The maximum Gasteiger partial charge on any atom is 0.292 e. The van der Waals surface area contributed by atoms with Gasteiger partial charge in [0.15, 0.2) is 5.75 Å². The fraction of sp³-hybridized carbons (Fsp3) is 0.320. The van der Waals surface area contributed by atoms with E-state index in [0.29, 0.717) is 25.5 Å². The third kappa shape index (κ3) is 5.98. The van der Waals surface area contributed by atoms with Crippen LogP contribution in [0.2, 0.25) is 0 Å². The van der Waals surface area contributed by atoms with Gasteiger partial charge < -0.3 is 14.0 Å². The Kier molecular flexibility index (Phi) is 6.76. The van der Waals surface area contributed by atoms with Crippen LogP contribution in [0.15, 0.2) is 77.7 Å². The highest BCUT2D eigenvalue weighted by atomic mass is 16.5. The quantitative estimate of drug-likeness (QED) is 0.496. The number of hydrogen-bond acceptors (Lipinski definition) is 3. The number of hydrogen-bond donors (Lipinski definition) is 0. The Hall–Kier alpha value is -3.01. The van der Waals surface area contributed by atoms with Crippen molar-refractivity contribution in [3.05, 3.63) is 94.4 Å². The summed E-state index contributed by atoms with van der Waals surface area (Å²) in [5.74, 6) is 1.22. The molecule has 0 fully saturated rings. The van der Waals surface area contributed by atoms with Crippen LogP contribution < -0.4 is 15.0 Å². The smallest absolute Gasteiger partial charge is 0.292 e. The van der Waals surface area contributed by atoms with E-state index in [-0.39, 0.29) is 11.0 Å². The van der Waals surface area contributed by atoms with Crippen LogP contribution >= 0.6 is 0 Å². The number of aromatic nitrogens is 1. The monoisotopic (exact) mass is 391 g/mol. The molecule has 3 aromatic rings. The molecule has 152 valence electrons. The molecule has 0 N–H and O–H groups in total. The molecule has 0 spiro atoms. The topological polar surface area (TPSA) is 40.5 Å². The van der Waals surface area contributed by atoms with Gasteiger partial charge in [0.2, 0.25) is 0 Å². The summed E-state index contributed by atoms with van der Waals surface area (Å²) in [6.45, 7) is 8.10. The van der Waals surface area contributed by atoms with Crippen molar-refractivity contribution in [2.75, 3.05) is 6.61 Å². The summed E-state index contributed by atoms with van der Waals surface area (Å²) in [6, 6.07) is 21.6. The molecule has 4 nitrogen and oxygen atoms in total. The molecule has 0 bridgehead atoms. The molecule has 4 heteroatoms. The third-order valence-electron chi connectivity index (χ3n) is 4.75. The Morgan fingerprint density at radius 1 is 0.862 bits per heavy atom. The lowest BCUT2D eigenvalue weighted by atomic mass is 9.87. The average molecular weight is 392 g/mol. The predicted octanol–water partition coefficient (Wildman–Crippen LogP) is 5.19. The van der Waals surface area contributed by atoms with Crippen LogP contribution in [0.4, 0.5) is 0 Å². The highest BCUT2D eigenvalue weighted by Crippen LogP contribution is 2.24. The van der Waals surface area contributed by atoms with E-state index < -0.39 is 0 Å². The fourth-order valence-electron chi connectivity index (χ4n) is 3.01. The number of aryl methyl sites for hydroxylation is 1. The minimum atomic E-state index is -0.113. The van der Waals surface area contributed by atoms with E-state index in [4.69, 9.17) is 9.47 Å². The van der Waals surface area contributed by atoms with Crippen LogP contribution in [0, 0.1) is 0 Å². The summed E-state index contributed by atoms with van der Waals surface area (Å²) in [7, 11) is 0. The van der Waals surface area contributed by atoms with Gasteiger partial charge in [0, 0.05) is 12.7 Å². The molecule has 0 saturated carbocycles. The second-order valence-corrected chi connectivity index (χ2v) is 8.12. The van der Waals surface area contributed by atoms with E-state index in [2.05, 4.69) is 32.9 Å². The van der Waals surface area contributed by atoms with Gasteiger partial charge >= 0.3 is 0 Å². The molecule has 1 heterocycles. The van der Waals surface area contributed by atoms with E-state index in [1.54, 1.807) is 16.8 Å². The number of nitrogens with zero attached hydrogens (tertiary/aromatic N) is 1. The minimum Gasteiger partial charge on any atom is -0.494 e. The third-order valence-corrected chi connectivity index (χ3v) is 4.75. The lowest BCUT2D eigenvalue weighted by Crippen LogP contribution is -2.22. The van der Waals surface area contributed by atoms with Crippen LogP contribution in [-0.4, -0.2) is 11.2 Å². The molecule has 0 radical (unpaired) electrons. The van der Waals surface area contributed by atoms with Crippen LogP contribution in [0.3, 0.4) is 0 Å². The van der Waals surface area contributed by atoms with Gasteiger partial charge in [-0.3, -0.25) is 4.79 Å². The Morgan fingerprint density at radius 3 is 2.28 bits per heavy atom. The fourth-order valence-corrected chi connectivity index (χ4v) is 3.01. The van der Waals surface area contributed by atoms with Crippen molar-refractivity contribution in [2.45, 2.75) is 45.8 Å². The predicted molar refractivity (Wildman–Crippen MR) is 117 cm³/mol. The first kappa shape index (κ1) is 20.7. The molecule has 3 rings (SSSR count). The summed E-state index contributed by atoms with van der Waals surface area (Å²) in [5, 5.41) is 0. The number of pyridine rings is 1. The summed E-state index contributed by atoms with van der Waals surface area (Å²) >= 11 is 0. The van der Waals surface area contributed by atoms with E-state index in [9.17, 15) is 4.79 Å². The number of rotatable bonds is 8. The summed E-state index contributed by atoms with van der Waals surface area (Å²) in [4.78, 5) is 12.6. The summed E-state index contributed by atoms with van der Waals surface area (Å²) < 4.78 is 13.2. The number of ether oxygens (including phenoxy) is 2. The van der Waals surface area contributed by atoms with Crippen LogP contribution in [-0.2, 0) is 18.6 Å². The van der Waals surface area contributed by atoms with Crippen molar-refractivity contribution in [3.8, 4) is 11.5 Å².